The summed E-state index contributed by atoms with van der Waals surface area (Å²) in [6.07, 6.45) is -0.727. The van der Waals surface area contributed by atoms with Crippen LogP contribution in [0.1, 0.15) is 25.7 Å². The molecule has 20 heavy (non-hydrogen) atoms. The first kappa shape index (κ1) is 13.9. The second-order valence-corrected chi connectivity index (χ2v) is 4.21. The minimum absolute atomic E-state index is 0.327. The number of nitrogens with zero attached hydrogens (tertiary/aromatic N) is 3. The van der Waals surface area contributed by atoms with Crippen LogP contribution < -0.4 is 10.1 Å². The first-order valence-corrected chi connectivity index (χ1v) is 6.02. The number of halogens is 1. The van der Waals surface area contributed by atoms with Crippen LogP contribution >= 0.6 is 0 Å². The summed E-state index contributed by atoms with van der Waals surface area (Å²) >= 11 is 0. The quantitative estimate of drug-likeness (QED) is 0.851. The van der Waals surface area contributed by atoms with Crippen molar-refractivity contribution in [1.82, 2.24) is 25.9 Å². The third-order valence-electron chi connectivity index (χ3n) is 2.60. The van der Waals surface area contributed by atoms with Gasteiger partial charge in [-0.15, -0.1) is 10.2 Å². The van der Waals surface area contributed by atoms with Crippen LogP contribution in [0.2, 0.25) is 0 Å². The molecule has 2 N–H and O–H groups in total. The second kappa shape index (κ2) is 6.09. The highest BCUT2D eigenvalue weighted by Gasteiger charge is 2.19. The number of amides is 1. The van der Waals surface area contributed by atoms with Crippen LogP contribution in [-0.2, 0) is 4.79 Å². The first-order valence-electron chi connectivity index (χ1n) is 6.02. The number of rotatable bonds is 5. The Morgan fingerprint density at radius 2 is 2.05 bits per heavy atom. The fourth-order valence-corrected chi connectivity index (χ4v) is 1.52. The van der Waals surface area contributed by atoms with Crippen molar-refractivity contribution in [3.63, 3.8) is 0 Å². The van der Waals surface area contributed by atoms with Gasteiger partial charge in [-0.25, -0.2) is 4.39 Å². The molecular weight excluding hydrogens is 265 g/mol. The monoisotopic (exact) mass is 279 g/mol. The molecule has 0 saturated carbocycles. The van der Waals surface area contributed by atoms with Gasteiger partial charge in [0.1, 0.15) is 11.6 Å². The molecule has 0 bridgehead atoms. The molecule has 7 nitrogen and oxygen atoms in total. The number of hydrogen-bond donors (Lipinski definition) is 2. The molecule has 1 amide bonds. The molecular formula is C12H14FN5O2. The van der Waals surface area contributed by atoms with Gasteiger partial charge in [0.05, 0.1) is 6.04 Å². The maximum absolute atomic E-state index is 12.8. The molecule has 0 aliphatic heterocycles. The van der Waals surface area contributed by atoms with Crippen LogP contribution in [0.5, 0.6) is 5.75 Å². The molecule has 0 spiro atoms. The standard InChI is InChI=1S/C12H14FN5O2/c1-7(11-15-17-18-16-11)14-12(19)8(2)20-10-5-3-9(13)4-6-10/h3-8H,1-2H3,(H,14,19)(H,15,16,17,18). The number of tetrazole rings is 1. The summed E-state index contributed by atoms with van der Waals surface area (Å²) in [5, 5.41) is 16.0. The lowest BCUT2D eigenvalue weighted by atomic mass is 10.2. The van der Waals surface area contributed by atoms with Gasteiger partial charge in [0.2, 0.25) is 0 Å². The van der Waals surface area contributed by atoms with Crippen LogP contribution in [0.15, 0.2) is 24.3 Å². The molecule has 0 aliphatic rings. The molecule has 1 aromatic heterocycles. The molecule has 106 valence electrons. The van der Waals surface area contributed by atoms with Crippen LogP contribution in [-0.4, -0.2) is 32.6 Å². The Kier molecular flexibility index (Phi) is 4.24. The average Bonchev–Trinajstić information content (AvgIpc) is 2.95. The van der Waals surface area contributed by atoms with Crippen molar-refractivity contribution in [2.45, 2.75) is 26.0 Å². The lowest BCUT2D eigenvalue weighted by molar-refractivity contribution is -0.128. The van der Waals surface area contributed by atoms with E-state index >= 15 is 0 Å². The molecule has 2 atom stereocenters. The number of H-pyrrole nitrogens is 1. The minimum atomic E-state index is -0.727. The lowest BCUT2D eigenvalue weighted by Crippen LogP contribution is -2.38. The molecule has 2 unspecified atom stereocenters. The summed E-state index contributed by atoms with van der Waals surface area (Å²) in [6, 6.07) is 5.06. The van der Waals surface area contributed by atoms with E-state index in [9.17, 15) is 9.18 Å². The highest BCUT2D eigenvalue weighted by atomic mass is 19.1. The Morgan fingerprint density at radius 1 is 1.35 bits per heavy atom. The van der Waals surface area contributed by atoms with Gasteiger partial charge in [-0.05, 0) is 38.1 Å². The maximum atomic E-state index is 12.8. The maximum Gasteiger partial charge on any atom is 0.261 e. The fourth-order valence-electron chi connectivity index (χ4n) is 1.52. The van der Waals surface area contributed by atoms with E-state index < -0.39 is 6.10 Å². The normalized spacial score (nSPS) is 13.6. The molecule has 8 heteroatoms. The Bertz CT molecular complexity index is 558. The number of ether oxygens (including phenoxy) is 1. The molecule has 0 fully saturated rings. The van der Waals surface area contributed by atoms with E-state index in [4.69, 9.17) is 4.74 Å². The van der Waals surface area contributed by atoms with Gasteiger partial charge in [0, 0.05) is 0 Å². The van der Waals surface area contributed by atoms with Crippen molar-refractivity contribution >= 4 is 5.91 Å². The van der Waals surface area contributed by atoms with E-state index in [-0.39, 0.29) is 17.8 Å². The Morgan fingerprint density at radius 3 is 2.65 bits per heavy atom. The molecule has 2 aromatic rings. The van der Waals surface area contributed by atoms with Gasteiger partial charge in [-0.3, -0.25) is 4.79 Å². The third-order valence-corrected chi connectivity index (χ3v) is 2.60. The number of hydrogen-bond acceptors (Lipinski definition) is 5. The number of carbonyl (C=O) groups is 1. The van der Waals surface area contributed by atoms with Crippen molar-refractivity contribution in [2.24, 2.45) is 0 Å². The van der Waals surface area contributed by atoms with Crippen LogP contribution in [0.4, 0.5) is 4.39 Å². The summed E-state index contributed by atoms with van der Waals surface area (Å²) in [5.41, 5.74) is 0. The largest absolute Gasteiger partial charge is 0.481 e. The van der Waals surface area contributed by atoms with E-state index in [0.717, 1.165) is 0 Å². The number of benzene rings is 1. The van der Waals surface area contributed by atoms with E-state index in [1.807, 2.05) is 0 Å². The zero-order valence-electron chi connectivity index (χ0n) is 11.0. The van der Waals surface area contributed by atoms with Crippen LogP contribution in [0.25, 0.3) is 0 Å². The zero-order chi connectivity index (χ0) is 14.5. The minimum Gasteiger partial charge on any atom is -0.481 e. The first-order chi connectivity index (χ1) is 9.56. The topological polar surface area (TPSA) is 92.8 Å². The summed E-state index contributed by atoms with van der Waals surface area (Å²) in [6.45, 7) is 3.33. The average molecular weight is 279 g/mol. The van der Waals surface area contributed by atoms with E-state index in [0.29, 0.717) is 11.6 Å². The van der Waals surface area contributed by atoms with Gasteiger partial charge in [0.15, 0.2) is 11.9 Å². The van der Waals surface area contributed by atoms with Crippen molar-refractivity contribution in [3.05, 3.63) is 35.9 Å². The van der Waals surface area contributed by atoms with E-state index in [1.165, 1.54) is 24.3 Å². The van der Waals surface area contributed by atoms with E-state index in [1.54, 1.807) is 13.8 Å². The molecule has 0 saturated heterocycles. The lowest BCUT2D eigenvalue weighted by Gasteiger charge is -2.16. The predicted molar refractivity (Wildman–Crippen MR) is 67.2 cm³/mol. The van der Waals surface area contributed by atoms with E-state index in [2.05, 4.69) is 25.9 Å². The summed E-state index contributed by atoms with van der Waals surface area (Å²) in [5.74, 6) is 0.111. The Balaban J connectivity index is 1.90. The number of nitrogens with one attached hydrogen (secondary N) is 2. The number of carbonyl (C=O) groups excluding carboxylic acids is 1. The molecule has 1 aromatic carbocycles. The zero-order valence-corrected chi connectivity index (χ0v) is 11.0. The second-order valence-electron chi connectivity index (χ2n) is 4.21. The number of aromatic amines is 1. The highest BCUT2D eigenvalue weighted by molar-refractivity contribution is 5.81. The molecule has 1 heterocycles. The van der Waals surface area contributed by atoms with Gasteiger partial charge in [0.25, 0.3) is 5.91 Å². The van der Waals surface area contributed by atoms with Gasteiger partial charge in [-0.1, -0.05) is 5.21 Å². The fraction of sp³-hybridized carbons (Fsp3) is 0.333. The number of aromatic nitrogens is 4. The van der Waals surface area contributed by atoms with Gasteiger partial charge >= 0.3 is 0 Å². The van der Waals surface area contributed by atoms with Crippen LogP contribution in [0, 0.1) is 5.82 Å². The molecule has 2 rings (SSSR count). The predicted octanol–water partition coefficient (Wildman–Crippen LogP) is 0.983. The van der Waals surface area contributed by atoms with Crippen molar-refractivity contribution in [2.75, 3.05) is 0 Å². The van der Waals surface area contributed by atoms with Crippen molar-refractivity contribution in [1.29, 1.82) is 0 Å². The van der Waals surface area contributed by atoms with Gasteiger partial charge < -0.3 is 10.1 Å². The Labute approximate surface area is 114 Å². The summed E-state index contributed by atoms with van der Waals surface area (Å²) < 4.78 is 18.2. The van der Waals surface area contributed by atoms with Crippen molar-refractivity contribution in [3.8, 4) is 5.75 Å². The van der Waals surface area contributed by atoms with Crippen molar-refractivity contribution < 1.29 is 13.9 Å². The molecule has 0 aliphatic carbocycles. The SMILES string of the molecule is CC(Oc1ccc(F)cc1)C(=O)NC(C)c1nn[nH]n1. The smallest absolute Gasteiger partial charge is 0.261 e. The summed E-state index contributed by atoms with van der Waals surface area (Å²) in [7, 11) is 0. The molecule has 0 radical (unpaired) electrons. The highest BCUT2D eigenvalue weighted by Crippen LogP contribution is 2.13. The van der Waals surface area contributed by atoms with Gasteiger partial charge in [-0.2, -0.15) is 5.21 Å². The van der Waals surface area contributed by atoms with Crippen LogP contribution in [0.3, 0.4) is 0 Å². The Hall–Kier alpha value is -2.51. The summed E-state index contributed by atoms with van der Waals surface area (Å²) in [4.78, 5) is 11.9. The third kappa shape index (κ3) is 3.50.